The van der Waals surface area contributed by atoms with E-state index in [9.17, 15) is 9.59 Å². The van der Waals surface area contributed by atoms with Gasteiger partial charge in [0, 0.05) is 0 Å². The Morgan fingerprint density at radius 1 is 1.24 bits per heavy atom. The van der Waals surface area contributed by atoms with E-state index < -0.39 is 12.1 Å². The number of rotatable bonds is 4. The van der Waals surface area contributed by atoms with E-state index in [0.29, 0.717) is 22.0 Å². The third-order valence-corrected chi connectivity index (χ3v) is 3.81. The number of ether oxygens (including phenoxy) is 1. The van der Waals surface area contributed by atoms with Crippen LogP contribution in [0.5, 0.6) is 0 Å². The van der Waals surface area contributed by atoms with Gasteiger partial charge in [-0.15, -0.1) is 0 Å². The number of benzene rings is 2. The van der Waals surface area contributed by atoms with Gasteiger partial charge in [0.05, 0.1) is 29.0 Å². The molecule has 0 saturated carbocycles. The molecule has 1 heterocycles. The van der Waals surface area contributed by atoms with Crippen molar-refractivity contribution < 1.29 is 9.53 Å². The van der Waals surface area contributed by atoms with Crippen molar-refractivity contribution in [1.82, 2.24) is 9.97 Å². The number of nitrogens with one attached hydrogen (secondary N) is 1. The molecule has 0 saturated heterocycles. The summed E-state index contributed by atoms with van der Waals surface area (Å²) in [7, 11) is 0. The van der Waals surface area contributed by atoms with Crippen molar-refractivity contribution in [2.75, 3.05) is 0 Å². The summed E-state index contributed by atoms with van der Waals surface area (Å²) in [5, 5.41) is 9.34. The van der Waals surface area contributed by atoms with Crippen LogP contribution in [0.25, 0.3) is 10.9 Å². The average Bonchev–Trinajstić information content (AvgIpc) is 2.62. The molecule has 0 aliphatic carbocycles. The molecular weight excluding hydrogens is 318 g/mol. The summed E-state index contributed by atoms with van der Waals surface area (Å²) in [6.07, 6.45) is -0.620. The van der Waals surface area contributed by atoms with E-state index in [1.165, 1.54) is 0 Å². The van der Waals surface area contributed by atoms with Crippen LogP contribution in [0, 0.1) is 11.3 Å². The van der Waals surface area contributed by atoms with Crippen molar-refractivity contribution >= 4 is 16.9 Å². The van der Waals surface area contributed by atoms with E-state index in [0.717, 1.165) is 0 Å². The van der Waals surface area contributed by atoms with Gasteiger partial charge in [-0.25, -0.2) is 9.78 Å². The fraction of sp³-hybridized carbons (Fsp3) is 0.158. The number of nitrogens with zero attached hydrogens (tertiary/aromatic N) is 2. The lowest BCUT2D eigenvalue weighted by Gasteiger charge is -2.14. The lowest BCUT2D eigenvalue weighted by Crippen LogP contribution is -2.18. The van der Waals surface area contributed by atoms with Crippen molar-refractivity contribution in [3.63, 3.8) is 0 Å². The topological polar surface area (TPSA) is 95.8 Å². The first-order chi connectivity index (χ1) is 12.1. The summed E-state index contributed by atoms with van der Waals surface area (Å²) in [4.78, 5) is 31.6. The Kier molecular flexibility index (Phi) is 4.57. The van der Waals surface area contributed by atoms with E-state index in [2.05, 4.69) is 9.97 Å². The molecule has 0 radical (unpaired) electrons. The third kappa shape index (κ3) is 3.40. The van der Waals surface area contributed by atoms with Crippen molar-refractivity contribution in [2.45, 2.75) is 19.4 Å². The van der Waals surface area contributed by atoms with E-state index in [4.69, 9.17) is 10.00 Å². The van der Waals surface area contributed by atoms with Gasteiger partial charge in [-0.1, -0.05) is 30.3 Å². The minimum Gasteiger partial charge on any atom is -0.451 e. The predicted octanol–water partition coefficient (Wildman–Crippen LogP) is 2.91. The molecule has 124 valence electrons. The van der Waals surface area contributed by atoms with Gasteiger partial charge >= 0.3 is 5.97 Å². The van der Waals surface area contributed by atoms with Gasteiger partial charge in [-0.3, -0.25) is 4.79 Å². The van der Waals surface area contributed by atoms with E-state index in [1.807, 2.05) is 6.07 Å². The molecule has 3 rings (SSSR count). The van der Waals surface area contributed by atoms with Crippen LogP contribution in [0.1, 0.15) is 34.8 Å². The van der Waals surface area contributed by atoms with Crippen LogP contribution in [-0.4, -0.2) is 15.9 Å². The van der Waals surface area contributed by atoms with Gasteiger partial charge in [-0.2, -0.15) is 5.26 Å². The minimum atomic E-state index is -0.736. The highest BCUT2D eigenvalue weighted by molar-refractivity contribution is 5.91. The Bertz CT molecular complexity index is 1030. The first kappa shape index (κ1) is 16.4. The number of para-hydroxylation sites is 1. The van der Waals surface area contributed by atoms with Gasteiger partial charge in [0.2, 0.25) is 0 Å². The van der Waals surface area contributed by atoms with Gasteiger partial charge in [0.15, 0.2) is 11.9 Å². The number of nitriles is 1. The summed E-state index contributed by atoms with van der Waals surface area (Å²) in [6, 6.07) is 15.8. The number of hydrogen-bond donors (Lipinski definition) is 1. The first-order valence-corrected chi connectivity index (χ1v) is 7.75. The van der Waals surface area contributed by atoms with Crippen LogP contribution in [0.15, 0.2) is 53.3 Å². The maximum Gasteiger partial charge on any atom is 0.339 e. The summed E-state index contributed by atoms with van der Waals surface area (Å²) in [6.45, 7) is 1.64. The van der Waals surface area contributed by atoms with Gasteiger partial charge in [-0.05, 0) is 30.7 Å². The largest absolute Gasteiger partial charge is 0.451 e. The third-order valence-electron chi connectivity index (χ3n) is 3.81. The number of esters is 1. The van der Waals surface area contributed by atoms with Crippen LogP contribution in [0.3, 0.4) is 0 Å². The van der Waals surface area contributed by atoms with Gasteiger partial charge in [0.1, 0.15) is 0 Å². The molecular formula is C19H15N3O3. The molecule has 0 amide bonds. The molecule has 1 aromatic heterocycles. The van der Waals surface area contributed by atoms with Crippen molar-refractivity contribution in [3.05, 3.63) is 75.8 Å². The highest BCUT2D eigenvalue weighted by Crippen LogP contribution is 2.18. The molecule has 6 heteroatoms. The summed E-state index contributed by atoms with van der Waals surface area (Å²) < 4.78 is 5.43. The second-order valence-electron chi connectivity index (χ2n) is 5.51. The van der Waals surface area contributed by atoms with Gasteiger partial charge in [0.25, 0.3) is 5.56 Å². The number of aromatic amines is 1. The fourth-order valence-electron chi connectivity index (χ4n) is 2.54. The molecule has 0 aliphatic rings. The first-order valence-electron chi connectivity index (χ1n) is 7.75. The normalized spacial score (nSPS) is 11.7. The Labute approximate surface area is 143 Å². The molecule has 2 aromatic carbocycles. The molecule has 0 spiro atoms. The highest BCUT2D eigenvalue weighted by Gasteiger charge is 2.18. The molecule has 0 aliphatic heterocycles. The highest BCUT2D eigenvalue weighted by atomic mass is 16.5. The lowest BCUT2D eigenvalue weighted by atomic mass is 10.1. The number of H-pyrrole nitrogens is 1. The Morgan fingerprint density at radius 3 is 2.76 bits per heavy atom. The van der Waals surface area contributed by atoms with Crippen LogP contribution in [0.2, 0.25) is 0 Å². The molecule has 0 unspecified atom stereocenters. The zero-order valence-corrected chi connectivity index (χ0v) is 13.5. The summed E-state index contributed by atoms with van der Waals surface area (Å²) in [5.74, 6) is -0.288. The Morgan fingerprint density at radius 2 is 1.96 bits per heavy atom. The molecule has 1 atom stereocenters. The lowest BCUT2D eigenvalue weighted by molar-refractivity contribution is 0.0319. The van der Waals surface area contributed by atoms with Crippen molar-refractivity contribution in [3.8, 4) is 6.07 Å². The maximum atomic E-state index is 12.4. The second kappa shape index (κ2) is 6.97. The monoisotopic (exact) mass is 333 g/mol. The van der Waals surface area contributed by atoms with Crippen LogP contribution >= 0.6 is 0 Å². The molecule has 0 fully saturated rings. The zero-order chi connectivity index (χ0) is 17.8. The van der Waals surface area contributed by atoms with Crippen molar-refractivity contribution in [2.24, 2.45) is 0 Å². The second-order valence-corrected chi connectivity index (χ2v) is 5.51. The standard InChI is InChI=1S/C19H15N3O3/c1-12(17-21-16-9-5-4-8-15(16)18(23)22-17)25-19(24)14-7-3-2-6-13(14)10-11-20/h2-9,12H,10H2,1H3,(H,21,22,23)/t12-/m1/s1. The molecule has 6 nitrogen and oxygen atoms in total. The number of carbonyl (C=O) groups excluding carboxylic acids is 1. The molecule has 1 N–H and O–H groups in total. The summed E-state index contributed by atoms with van der Waals surface area (Å²) >= 11 is 0. The van der Waals surface area contributed by atoms with E-state index in [-0.39, 0.29) is 17.8 Å². The SMILES string of the molecule is C[C@@H](OC(=O)c1ccccc1CC#N)c1nc2ccccc2c(=O)[nH]1. The summed E-state index contributed by atoms with van der Waals surface area (Å²) in [5.41, 5.74) is 1.18. The quantitative estimate of drug-likeness (QED) is 0.741. The molecule has 0 bridgehead atoms. The zero-order valence-electron chi connectivity index (χ0n) is 13.5. The van der Waals surface area contributed by atoms with Crippen molar-refractivity contribution in [1.29, 1.82) is 5.26 Å². The van der Waals surface area contributed by atoms with Crippen LogP contribution < -0.4 is 5.56 Å². The van der Waals surface area contributed by atoms with Crippen LogP contribution in [0.4, 0.5) is 0 Å². The number of hydrogen-bond acceptors (Lipinski definition) is 5. The Hall–Kier alpha value is -3.46. The maximum absolute atomic E-state index is 12.4. The number of fused-ring (bicyclic) bond motifs is 1. The molecule has 3 aromatic rings. The minimum absolute atomic E-state index is 0.116. The van der Waals surface area contributed by atoms with Crippen LogP contribution in [-0.2, 0) is 11.2 Å². The Balaban J connectivity index is 1.88. The fourth-order valence-corrected chi connectivity index (χ4v) is 2.54. The van der Waals surface area contributed by atoms with Gasteiger partial charge < -0.3 is 9.72 Å². The predicted molar refractivity (Wildman–Crippen MR) is 92.0 cm³/mol. The van der Waals surface area contributed by atoms with E-state index >= 15 is 0 Å². The smallest absolute Gasteiger partial charge is 0.339 e. The number of carbonyl (C=O) groups is 1. The number of aromatic nitrogens is 2. The molecule has 25 heavy (non-hydrogen) atoms. The average molecular weight is 333 g/mol. The van der Waals surface area contributed by atoms with E-state index in [1.54, 1.807) is 55.5 Å².